The van der Waals surface area contributed by atoms with Crippen molar-refractivity contribution in [2.75, 3.05) is 57.4 Å². The highest BCUT2D eigenvalue weighted by Crippen LogP contribution is 2.49. The molecule has 1 saturated heterocycles. The van der Waals surface area contributed by atoms with Gasteiger partial charge in [-0.25, -0.2) is 13.1 Å². The molecule has 9 nitrogen and oxygen atoms in total. The second-order valence-electron chi connectivity index (χ2n) is 15.7. The Kier molecular flexibility index (Phi) is 10.7. The maximum atomic E-state index is 13.6. The number of hydrogen-bond acceptors (Lipinski definition) is 8. The van der Waals surface area contributed by atoms with Crippen LogP contribution >= 0.6 is 11.6 Å². The third-order valence-corrected chi connectivity index (χ3v) is 14.6. The number of ether oxygens (including phenoxy) is 2. The van der Waals surface area contributed by atoms with Gasteiger partial charge in [-0.3, -0.25) is 9.69 Å². The van der Waals surface area contributed by atoms with E-state index in [0.29, 0.717) is 51.1 Å². The maximum Gasteiger partial charge on any atom is 0.264 e. The van der Waals surface area contributed by atoms with E-state index in [-0.39, 0.29) is 28.7 Å². The first-order chi connectivity index (χ1) is 24.5. The summed E-state index contributed by atoms with van der Waals surface area (Å²) in [6, 6.07) is 11.4. The number of rotatable bonds is 2. The van der Waals surface area contributed by atoms with Crippen molar-refractivity contribution in [1.29, 1.82) is 0 Å². The van der Waals surface area contributed by atoms with Gasteiger partial charge in [0, 0.05) is 61.1 Å². The minimum atomic E-state index is -3.96. The Hall–Kier alpha value is -2.81. The fourth-order valence-electron chi connectivity index (χ4n) is 9.06. The number of morpholine rings is 1. The SMILES string of the molecule is C[C@@H]1[C@@H](C)CCC[C@@](O)(C#CCCN2CCOCC2)[C@@H]2CC[C@H]2CN2C[C@@]3(CCCc4cc(Cl)ccc43)COc3ccc(cc32)C(=O)NS1(=O)=O. The zero-order valence-corrected chi connectivity index (χ0v) is 31.5. The van der Waals surface area contributed by atoms with Crippen molar-refractivity contribution < 1.29 is 27.8 Å². The summed E-state index contributed by atoms with van der Waals surface area (Å²) >= 11 is 6.46. The standard InChI is InChI=1S/C40H52ClN3O6S/c1-28-7-5-17-40(46,16-3-4-18-43-19-21-49-22-20-43)35-12-9-32(35)25-44-26-39(15-6-8-30-23-33(41)11-13-34(30)39)27-50-37-14-10-31(24-36(37)44)38(45)42-51(47,48)29(28)2/h10-11,13-14,23-24,28-29,32,35,46H,4-9,12,15,17-22,25-27H2,1-2H3,(H,42,45)/t28-,29+,32-,35+,39-,40-/m0/s1. The van der Waals surface area contributed by atoms with E-state index in [9.17, 15) is 18.3 Å². The van der Waals surface area contributed by atoms with Crippen LogP contribution in [0.1, 0.15) is 86.7 Å². The third-order valence-electron chi connectivity index (χ3n) is 12.5. The molecule has 7 rings (SSSR count). The van der Waals surface area contributed by atoms with Crippen LogP contribution in [-0.4, -0.2) is 87.7 Å². The first kappa shape index (κ1) is 36.5. The highest BCUT2D eigenvalue weighted by atomic mass is 35.5. The first-order valence-electron chi connectivity index (χ1n) is 18.9. The Balaban J connectivity index is 1.25. The Morgan fingerprint density at radius 1 is 1.06 bits per heavy atom. The zero-order chi connectivity index (χ0) is 35.8. The smallest absolute Gasteiger partial charge is 0.264 e. The molecule has 0 radical (unpaired) electrons. The number of benzene rings is 2. The van der Waals surface area contributed by atoms with Crippen molar-refractivity contribution in [1.82, 2.24) is 9.62 Å². The number of sulfonamides is 1. The second kappa shape index (κ2) is 14.9. The number of nitrogens with one attached hydrogen (secondary N) is 1. The fourth-order valence-corrected chi connectivity index (χ4v) is 10.6. The Morgan fingerprint density at radius 3 is 2.67 bits per heavy atom. The van der Waals surface area contributed by atoms with Crippen molar-refractivity contribution in [2.24, 2.45) is 17.8 Å². The van der Waals surface area contributed by atoms with E-state index in [4.69, 9.17) is 21.1 Å². The number of fused-ring (bicyclic) bond motifs is 4. The fraction of sp³-hybridized carbons (Fsp3) is 0.625. The van der Waals surface area contributed by atoms with Gasteiger partial charge in [-0.2, -0.15) is 0 Å². The highest BCUT2D eigenvalue weighted by Gasteiger charge is 2.48. The van der Waals surface area contributed by atoms with Crippen LogP contribution in [-0.2, 0) is 26.6 Å². The molecule has 0 unspecified atom stereocenters. The van der Waals surface area contributed by atoms with Crippen molar-refractivity contribution in [3.05, 3.63) is 58.1 Å². The molecule has 1 saturated carbocycles. The molecule has 11 heteroatoms. The summed E-state index contributed by atoms with van der Waals surface area (Å²) in [4.78, 5) is 18.3. The molecule has 0 aromatic heterocycles. The van der Waals surface area contributed by atoms with Gasteiger partial charge >= 0.3 is 0 Å². The van der Waals surface area contributed by atoms with Crippen LogP contribution in [0.15, 0.2) is 36.4 Å². The van der Waals surface area contributed by atoms with Gasteiger partial charge in [-0.15, -0.1) is 0 Å². The number of halogens is 1. The summed E-state index contributed by atoms with van der Waals surface area (Å²) in [5.74, 6) is 6.73. The predicted octanol–water partition coefficient (Wildman–Crippen LogP) is 5.56. The number of carbonyl (C=O) groups excluding carboxylic acids is 1. The van der Waals surface area contributed by atoms with E-state index in [0.717, 1.165) is 75.7 Å². The van der Waals surface area contributed by atoms with Crippen LogP contribution in [0.4, 0.5) is 5.69 Å². The Labute approximate surface area is 308 Å². The lowest BCUT2D eigenvalue weighted by Gasteiger charge is -2.48. The quantitative estimate of drug-likeness (QED) is 0.386. The first-order valence-corrected chi connectivity index (χ1v) is 20.8. The molecule has 5 aliphatic rings. The van der Waals surface area contributed by atoms with E-state index in [1.54, 1.807) is 25.1 Å². The van der Waals surface area contributed by atoms with E-state index in [1.165, 1.54) is 11.1 Å². The van der Waals surface area contributed by atoms with E-state index < -0.39 is 26.8 Å². The zero-order valence-electron chi connectivity index (χ0n) is 30.0. The lowest BCUT2D eigenvalue weighted by molar-refractivity contribution is -0.0449. The molecule has 1 spiro atoms. The lowest BCUT2D eigenvalue weighted by atomic mass is 9.63. The maximum absolute atomic E-state index is 13.6. The largest absolute Gasteiger partial charge is 0.490 e. The van der Waals surface area contributed by atoms with Crippen LogP contribution in [0.2, 0.25) is 5.02 Å². The van der Waals surface area contributed by atoms with Crippen LogP contribution in [0.25, 0.3) is 0 Å². The number of aliphatic hydroxyl groups is 1. The van der Waals surface area contributed by atoms with Crippen LogP contribution in [0, 0.1) is 29.6 Å². The van der Waals surface area contributed by atoms with Crippen LogP contribution in [0.5, 0.6) is 5.75 Å². The Bertz CT molecular complexity index is 1790. The van der Waals surface area contributed by atoms with Crippen molar-refractivity contribution in [2.45, 2.75) is 87.9 Å². The molecule has 3 aliphatic heterocycles. The van der Waals surface area contributed by atoms with Gasteiger partial charge in [0.2, 0.25) is 10.0 Å². The second-order valence-corrected chi connectivity index (χ2v) is 18.2. The minimum Gasteiger partial charge on any atom is -0.490 e. The predicted molar refractivity (Wildman–Crippen MR) is 200 cm³/mol. The molecular formula is C40H52ClN3O6S. The summed E-state index contributed by atoms with van der Waals surface area (Å²) in [7, 11) is -3.96. The number of anilines is 1. The third kappa shape index (κ3) is 7.66. The van der Waals surface area contributed by atoms with Gasteiger partial charge < -0.3 is 19.5 Å². The molecule has 2 aromatic rings. The van der Waals surface area contributed by atoms with Gasteiger partial charge in [0.15, 0.2) is 0 Å². The highest BCUT2D eigenvalue weighted by molar-refractivity contribution is 7.90. The van der Waals surface area contributed by atoms with Gasteiger partial charge in [0.25, 0.3) is 5.91 Å². The lowest BCUT2D eigenvalue weighted by Crippen LogP contribution is -2.52. The molecule has 2 aliphatic carbocycles. The summed E-state index contributed by atoms with van der Waals surface area (Å²) in [5, 5.41) is 12.4. The molecule has 2 bridgehead atoms. The molecule has 1 amide bonds. The van der Waals surface area contributed by atoms with Crippen molar-refractivity contribution in [3.63, 3.8) is 0 Å². The summed E-state index contributed by atoms with van der Waals surface area (Å²) in [5.41, 5.74) is 2.06. The van der Waals surface area contributed by atoms with Crippen LogP contribution < -0.4 is 14.4 Å². The van der Waals surface area contributed by atoms with Crippen molar-refractivity contribution in [3.8, 4) is 17.6 Å². The summed E-state index contributed by atoms with van der Waals surface area (Å²) in [6.07, 6.45) is 7.15. The minimum absolute atomic E-state index is 0.0229. The monoisotopic (exact) mass is 737 g/mol. The van der Waals surface area contributed by atoms with Gasteiger partial charge in [-0.1, -0.05) is 36.4 Å². The number of carbonyl (C=O) groups is 1. The molecular weight excluding hydrogens is 686 g/mol. The summed E-state index contributed by atoms with van der Waals surface area (Å²) in [6.45, 7) is 9.50. The number of nitrogens with zero attached hydrogens (tertiary/aromatic N) is 2. The molecule has 2 fully saturated rings. The molecule has 3 heterocycles. The van der Waals surface area contributed by atoms with Gasteiger partial charge in [0.05, 0.1) is 30.8 Å². The van der Waals surface area contributed by atoms with E-state index in [2.05, 4.69) is 38.5 Å². The molecule has 6 atom stereocenters. The number of aryl methyl sites for hydroxylation is 1. The average molecular weight is 738 g/mol. The van der Waals surface area contributed by atoms with Gasteiger partial charge in [-0.05, 0) is 112 Å². The van der Waals surface area contributed by atoms with E-state index >= 15 is 0 Å². The normalized spacial score (nSPS) is 32.5. The molecule has 51 heavy (non-hydrogen) atoms. The Morgan fingerprint density at radius 2 is 1.88 bits per heavy atom. The topological polar surface area (TPSA) is 108 Å². The summed E-state index contributed by atoms with van der Waals surface area (Å²) < 4.78 is 41.5. The molecule has 2 aromatic carbocycles. The van der Waals surface area contributed by atoms with Crippen molar-refractivity contribution >= 4 is 33.2 Å². The number of hydrogen-bond donors (Lipinski definition) is 2. The van der Waals surface area contributed by atoms with Gasteiger partial charge in [0.1, 0.15) is 11.4 Å². The van der Waals surface area contributed by atoms with Crippen LogP contribution in [0.3, 0.4) is 0 Å². The average Bonchev–Trinajstić information content (AvgIpc) is 3.24. The molecule has 276 valence electrons. The molecule has 2 N–H and O–H groups in total. The number of amides is 1. The van der Waals surface area contributed by atoms with E-state index in [1.807, 2.05) is 13.0 Å².